The molecule has 0 bridgehead atoms. The molecule has 3 heterocycles. The molecule has 3 aromatic rings. The van der Waals surface area contributed by atoms with Gasteiger partial charge in [0.05, 0.1) is 17.8 Å². The molecule has 0 spiro atoms. The third-order valence-electron chi connectivity index (χ3n) is 3.66. The first kappa shape index (κ1) is 17.8. The van der Waals surface area contributed by atoms with Gasteiger partial charge in [-0.05, 0) is 24.8 Å². The molecule has 26 heavy (non-hydrogen) atoms. The molecule has 0 aliphatic heterocycles. The zero-order valence-corrected chi connectivity index (χ0v) is 14.9. The highest BCUT2D eigenvalue weighted by molar-refractivity contribution is 7.12. The first-order chi connectivity index (χ1) is 12.6. The van der Waals surface area contributed by atoms with Crippen molar-refractivity contribution in [3.63, 3.8) is 0 Å². The van der Waals surface area contributed by atoms with E-state index in [2.05, 4.69) is 20.3 Å². The number of anilines is 1. The van der Waals surface area contributed by atoms with Crippen LogP contribution in [0.15, 0.2) is 30.2 Å². The smallest absolute Gasteiger partial charge is 0.328 e. The van der Waals surface area contributed by atoms with E-state index >= 15 is 0 Å². The molecule has 0 fully saturated rings. The van der Waals surface area contributed by atoms with Crippen LogP contribution in [0, 0.1) is 0 Å². The fraction of sp³-hybridized carbons (Fsp3) is 0.312. The number of rotatable bonds is 7. The van der Waals surface area contributed by atoms with Crippen LogP contribution in [-0.2, 0) is 16.1 Å². The molecule has 0 radical (unpaired) electrons. The van der Waals surface area contributed by atoms with Gasteiger partial charge in [-0.1, -0.05) is 6.07 Å². The molecular weight excluding hydrogens is 356 g/mol. The predicted molar refractivity (Wildman–Crippen MR) is 96.6 cm³/mol. The number of esters is 1. The lowest BCUT2D eigenvalue weighted by Crippen LogP contribution is -2.39. The Morgan fingerprint density at radius 3 is 3.00 bits per heavy atom. The number of nitrogens with two attached hydrogens (primary N) is 1. The molecule has 1 unspecified atom stereocenters. The molecule has 0 aliphatic carbocycles. The quantitative estimate of drug-likeness (QED) is 0.470. The maximum atomic E-state index is 12.0. The van der Waals surface area contributed by atoms with Gasteiger partial charge in [0, 0.05) is 6.54 Å². The lowest BCUT2D eigenvalue weighted by atomic mass is 10.3. The van der Waals surface area contributed by atoms with Crippen molar-refractivity contribution in [1.29, 1.82) is 0 Å². The lowest BCUT2D eigenvalue weighted by Gasteiger charge is -2.13. The number of hydrogen-bond donors (Lipinski definition) is 2. The number of imidazole rings is 1. The molecule has 1 atom stereocenters. The highest BCUT2D eigenvalue weighted by Gasteiger charge is 2.18. The maximum absolute atomic E-state index is 12.0. The minimum Gasteiger partial charge on any atom is -0.464 e. The van der Waals surface area contributed by atoms with Gasteiger partial charge < -0.3 is 20.4 Å². The van der Waals surface area contributed by atoms with Gasteiger partial charge in [-0.3, -0.25) is 4.79 Å². The largest absolute Gasteiger partial charge is 0.464 e. The number of ether oxygens (including phenoxy) is 1. The topological polar surface area (TPSA) is 125 Å². The van der Waals surface area contributed by atoms with Gasteiger partial charge in [0.25, 0.3) is 5.91 Å². The van der Waals surface area contributed by atoms with Crippen molar-refractivity contribution in [2.75, 3.05) is 12.3 Å². The average Bonchev–Trinajstić information content (AvgIpc) is 3.29. The van der Waals surface area contributed by atoms with Crippen LogP contribution < -0.4 is 11.1 Å². The molecular formula is C16H18N6O3S. The fourth-order valence-corrected chi connectivity index (χ4v) is 2.96. The normalized spacial score (nSPS) is 12.0. The van der Waals surface area contributed by atoms with Crippen LogP contribution in [0.4, 0.5) is 5.82 Å². The molecule has 3 N–H and O–H groups in total. The molecule has 9 nitrogen and oxygen atoms in total. The van der Waals surface area contributed by atoms with E-state index in [1.165, 1.54) is 17.7 Å². The molecule has 10 heteroatoms. The second kappa shape index (κ2) is 7.91. The van der Waals surface area contributed by atoms with Crippen molar-refractivity contribution in [2.45, 2.75) is 25.9 Å². The van der Waals surface area contributed by atoms with E-state index in [0.29, 0.717) is 34.8 Å². The summed E-state index contributed by atoms with van der Waals surface area (Å²) < 4.78 is 7.04. The van der Waals surface area contributed by atoms with Crippen molar-refractivity contribution in [3.05, 3.63) is 35.0 Å². The summed E-state index contributed by atoms with van der Waals surface area (Å²) in [5.41, 5.74) is 6.93. The van der Waals surface area contributed by atoms with Crippen molar-refractivity contribution in [2.24, 2.45) is 0 Å². The van der Waals surface area contributed by atoms with Crippen LogP contribution in [-0.4, -0.2) is 44.0 Å². The van der Waals surface area contributed by atoms with Crippen LogP contribution in [0.25, 0.3) is 11.2 Å². The summed E-state index contributed by atoms with van der Waals surface area (Å²) in [6.07, 6.45) is 3.59. The zero-order valence-electron chi connectivity index (χ0n) is 14.1. The van der Waals surface area contributed by atoms with Crippen LogP contribution in [0.1, 0.15) is 23.0 Å². The average molecular weight is 374 g/mol. The third kappa shape index (κ3) is 3.97. The second-order valence-electron chi connectivity index (χ2n) is 5.56. The maximum Gasteiger partial charge on any atom is 0.328 e. The number of amides is 1. The fourth-order valence-electron chi connectivity index (χ4n) is 2.33. The Morgan fingerprint density at radius 2 is 2.23 bits per heavy atom. The lowest BCUT2D eigenvalue weighted by molar-refractivity contribution is -0.145. The van der Waals surface area contributed by atoms with Gasteiger partial charge in [0.15, 0.2) is 11.5 Å². The molecule has 0 saturated carbocycles. The summed E-state index contributed by atoms with van der Waals surface area (Å²) in [6.45, 7) is 2.38. The summed E-state index contributed by atoms with van der Waals surface area (Å²) >= 11 is 1.31. The van der Waals surface area contributed by atoms with Crippen LogP contribution >= 0.6 is 11.3 Å². The van der Waals surface area contributed by atoms with Crippen molar-refractivity contribution in [3.8, 4) is 0 Å². The summed E-state index contributed by atoms with van der Waals surface area (Å²) in [6, 6.07) is 2.76. The Balaban J connectivity index is 1.44. The number of aryl methyl sites for hydroxylation is 1. The monoisotopic (exact) mass is 374 g/mol. The number of fused-ring (bicyclic) bond motifs is 1. The molecule has 0 aromatic carbocycles. The van der Waals surface area contributed by atoms with Gasteiger partial charge in [-0.15, -0.1) is 11.3 Å². The van der Waals surface area contributed by atoms with Gasteiger partial charge in [-0.2, -0.15) is 0 Å². The molecule has 136 valence electrons. The Bertz CT molecular complexity index is 908. The van der Waals surface area contributed by atoms with Crippen LogP contribution in [0.5, 0.6) is 0 Å². The number of carbonyl (C=O) groups excluding carboxylic acids is 2. The molecule has 3 rings (SSSR count). The summed E-state index contributed by atoms with van der Waals surface area (Å²) in [5.74, 6) is -0.431. The third-order valence-corrected chi connectivity index (χ3v) is 4.53. The molecule has 0 aliphatic rings. The van der Waals surface area contributed by atoms with E-state index < -0.39 is 12.0 Å². The van der Waals surface area contributed by atoms with E-state index in [1.807, 2.05) is 4.57 Å². The number of nitrogens with one attached hydrogen (secondary N) is 1. The van der Waals surface area contributed by atoms with E-state index in [1.54, 1.807) is 30.8 Å². The summed E-state index contributed by atoms with van der Waals surface area (Å²) in [7, 11) is 0. The van der Waals surface area contributed by atoms with E-state index in [0.717, 1.165) is 0 Å². The van der Waals surface area contributed by atoms with Gasteiger partial charge >= 0.3 is 5.97 Å². The summed E-state index contributed by atoms with van der Waals surface area (Å²) in [4.78, 5) is 36.7. The van der Waals surface area contributed by atoms with E-state index in [4.69, 9.17) is 10.5 Å². The highest BCUT2D eigenvalue weighted by atomic mass is 32.1. The standard InChI is InChI=1S/C16H18N6O3S/c1-10(21-15(23)11-4-2-7-26-11)16(24)25-6-3-5-22-9-20-12-13(17)18-8-19-14(12)22/h2,4,7-10H,3,5-6H2,1H3,(H,21,23)(H2,17,18,19). The molecule has 0 saturated heterocycles. The first-order valence-electron chi connectivity index (χ1n) is 7.98. The van der Waals surface area contributed by atoms with Crippen LogP contribution in [0.3, 0.4) is 0 Å². The van der Waals surface area contributed by atoms with E-state index in [9.17, 15) is 9.59 Å². The Hall–Kier alpha value is -3.01. The SMILES string of the molecule is CC(NC(=O)c1cccs1)C(=O)OCCCn1cnc2c(N)ncnc21. The van der Waals surface area contributed by atoms with Crippen molar-refractivity contribution in [1.82, 2.24) is 24.8 Å². The van der Waals surface area contributed by atoms with E-state index in [-0.39, 0.29) is 12.5 Å². The predicted octanol–water partition coefficient (Wildman–Crippen LogP) is 1.22. The number of aromatic nitrogens is 4. The number of nitrogens with zero attached hydrogens (tertiary/aromatic N) is 4. The highest BCUT2D eigenvalue weighted by Crippen LogP contribution is 2.14. The number of hydrogen-bond acceptors (Lipinski definition) is 8. The van der Waals surface area contributed by atoms with Crippen LogP contribution in [0.2, 0.25) is 0 Å². The minimum atomic E-state index is -0.716. The molecule has 1 amide bonds. The Kier molecular flexibility index (Phi) is 5.42. The first-order valence-corrected chi connectivity index (χ1v) is 8.86. The number of carbonyl (C=O) groups is 2. The minimum absolute atomic E-state index is 0.221. The molecule has 3 aromatic heterocycles. The Labute approximate surface area is 153 Å². The zero-order chi connectivity index (χ0) is 18.5. The van der Waals surface area contributed by atoms with Crippen molar-refractivity contribution < 1.29 is 14.3 Å². The van der Waals surface area contributed by atoms with Gasteiger partial charge in [-0.25, -0.2) is 19.7 Å². The second-order valence-corrected chi connectivity index (χ2v) is 6.51. The van der Waals surface area contributed by atoms with Gasteiger partial charge in [0.1, 0.15) is 17.9 Å². The Morgan fingerprint density at radius 1 is 1.38 bits per heavy atom. The summed E-state index contributed by atoms with van der Waals surface area (Å²) in [5, 5.41) is 4.42. The van der Waals surface area contributed by atoms with Gasteiger partial charge in [0.2, 0.25) is 0 Å². The number of nitrogen functional groups attached to an aromatic ring is 1. The number of thiophene rings is 1. The van der Waals surface area contributed by atoms with Crippen molar-refractivity contribution >= 4 is 40.2 Å².